The van der Waals surface area contributed by atoms with Gasteiger partial charge in [0.25, 0.3) is 0 Å². The maximum absolute atomic E-state index is 12.3. The first-order valence-corrected chi connectivity index (χ1v) is 10.6. The quantitative estimate of drug-likeness (QED) is 0.517. The van der Waals surface area contributed by atoms with E-state index in [1.807, 2.05) is 32.0 Å². The molecule has 32 heavy (non-hydrogen) atoms. The zero-order valence-electron chi connectivity index (χ0n) is 19.4. The van der Waals surface area contributed by atoms with Gasteiger partial charge < -0.3 is 23.7 Å². The van der Waals surface area contributed by atoms with Gasteiger partial charge in [0.05, 0.1) is 25.7 Å². The van der Waals surface area contributed by atoms with Crippen LogP contribution in [-0.4, -0.2) is 38.4 Å². The Morgan fingerprint density at radius 3 is 2.47 bits per heavy atom. The van der Waals surface area contributed by atoms with Gasteiger partial charge >= 0.3 is 11.9 Å². The number of carbonyl (C=O) groups excluding carboxylic acids is 2. The molecule has 0 saturated carbocycles. The number of benzene rings is 2. The van der Waals surface area contributed by atoms with Crippen LogP contribution in [0.3, 0.4) is 0 Å². The molecule has 1 aliphatic heterocycles. The van der Waals surface area contributed by atoms with Crippen molar-refractivity contribution in [3.05, 3.63) is 41.5 Å². The second-order valence-corrected chi connectivity index (χ2v) is 8.40. The van der Waals surface area contributed by atoms with Gasteiger partial charge in [-0.2, -0.15) is 0 Å². The van der Waals surface area contributed by atoms with E-state index in [1.165, 1.54) is 7.11 Å². The standard InChI is InChI=1S/C25H30O7/c1-7-15(2)23(26)32-25(3,4)14-31-21-18(10-11-20(28-5)22(21)29-6)16-8-9-19-17(12-16)13-30-24(19)27/h8-12,15H,7,13-14H2,1-6H3. The predicted octanol–water partition coefficient (Wildman–Crippen LogP) is 4.79. The maximum Gasteiger partial charge on any atom is 0.338 e. The lowest BCUT2D eigenvalue weighted by atomic mass is 9.99. The highest BCUT2D eigenvalue weighted by Gasteiger charge is 2.29. The van der Waals surface area contributed by atoms with E-state index < -0.39 is 5.60 Å². The summed E-state index contributed by atoms with van der Waals surface area (Å²) in [6, 6.07) is 9.16. The van der Waals surface area contributed by atoms with E-state index in [2.05, 4.69) is 0 Å². The highest BCUT2D eigenvalue weighted by atomic mass is 16.6. The van der Waals surface area contributed by atoms with E-state index in [0.717, 1.165) is 16.7 Å². The fourth-order valence-electron chi connectivity index (χ4n) is 3.39. The summed E-state index contributed by atoms with van der Waals surface area (Å²) in [5, 5.41) is 0. The van der Waals surface area contributed by atoms with Crippen molar-refractivity contribution < 1.29 is 33.3 Å². The van der Waals surface area contributed by atoms with Crippen molar-refractivity contribution >= 4 is 11.9 Å². The topological polar surface area (TPSA) is 80.3 Å². The van der Waals surface area contributed by atoms with Crippen LogP contribution >= 0.6 is 0 Å². The molecular formula is C25H30O7. The fourth-order valence-corrected chi connectivity index (χ4v) is 3.39. The van der Waals surface area contributed by atoms with Crippen molar-refractivity contribution in [2.45, 2.75) is 46.3 Å². The SMILES string of the molecule is CCC(C)C(=O)OC(C)(C)COc1c(-c2ccc3c(c2)COC3=O)ccc(OC)c1OC. The summed E-state index contributed by atoms with van der Waals surface area (Å²) >= 11 is 0. The zero-order valence-corrected chi connectivity index (χ0v) is 19.4. The van der Waals surface area contributed by atoms with Gasteiger partial charge in [-0.3, -0.25) is 4.79 Å². The van der Waals surface area contributed by atoms with Crippen LogP contribution in [0.1, 0.15) is 50.0 Å². The van der Waals surface area contributed by atoms with Gasteiger partial charge in [0, 0.05) is 11.1 Å². The number of hydrogen-bond acceptors (Lipinski definition) is 7. The first kappa shape index (κ1) is 23.4. The Bertz CT molecular complexity index is 1010. The molecule has 2 aromatic rings. The Morgan fingerprint density at radius 2 is 1.81 bits per heavy atom. The molecule has 7 nitrogen and oxygen atoms in total. The summed E-state index contributed by atoms with van der Waals surface area (Å²) in [5.41, 5.74) is 2.12. The van der Waals surface area contributed by atoms with Crippen LogP contribution in [0.15, 0.2) is 30.3 Å². The van der Waals surface area contributed by atoms with Crippen LogP contribution in [0.25, 0.3) is 11.1 Å². The number of ether oxygens (including phenoxy) is 5. The molecule has 1 heterocycles. The highest BCUT2D eigenvalue weighted by molar-refractivity contribution is 5.94. The van der Waals surface area contributed by atoms with Crippen molar-refractivity contribution in [2.24, 2.45) is 5.92 Å². The minimum absolute atomic E-state index is 0.109. The van der Waals surface area contributed by atoms with Gasteiger partial charge in [0.15, 0.2) is 11.5 Å². The van der Waals surface area contributed by atoms with E-state index in [4.69, 9.17) is 23.7 Å². The average molecular weight is 443 g/mol. The zero-order chi connectivity index (χ0) is 23.5. The maximum atomic E-state index is 12.3. The molecule has 1 aliphatic rings. The molecule has 0 spiro atoms. The fraction of sp³-hybridized carbons (Fsp3) is 0.440. The van der Waals surface area contributed by atoms with Gasteiger partial charge in [0.2, 0.25) is 5.75 Å². The summed E-state index contributed by atoms with van der Waals surface area (Å²) in [7, 11) is 3.09. The second kappa shape index (κ2) is 9.51. The van der Waals surface area contributed by atoms with Gasteiger partial charge in [0.1, 0.15) is 18.8 Å². The Hall–Kier alpha value is -3.22. The van der Waals surface area contributed by atoms with E-state index in [-0.39, 0.29) is 31.1 Å². The lowest BCUT2D eigenvalue weighted by molar-refractivity contribution is -0.163. The molecule has 0 N–H and O–H groups in total. The molecule has 0 bridgehead atoms. The summed E-state index contributed by atoms with van der Waals surface area (Å²) in [5.74, 6) is 0.641. The third-order valence-electron chi connectivity index (χ3n) is 5.45. The number of methoxy groups -OCH3 is 2. The van der Waals surface area contributed by atoms with Gasteiger partial charge in [-0.25, -0.2) is 4.79 Å². The lowest BCUT2D eigenvalue weighted by Gasteiger charge is -2.28. The van der Waals surface area contributed by atoms with Crippen LogP contribution in [0.5, 0.6) is 17.2 Å². The van der Waals surface area contributed by atoms with Crippen LogP contribution < -0.4 is 14.2 Å². The summed E-state index contributed by atoms with van der Waals surface area (Å²) in [6.45, 7) is 7.74. The molecule has 0 radical (unpaired) electrons. The van der Waals surface area contributed by atoms with Crippen molar-refractivity contribution in [1.82, 2.24) is 0 Å². The third kappa shape index (κ3) is 4.82. The van der Waals surface area contributed by atoms with Crippen LogP contribution in [0.2, 0.25) is 0 Å². The monoisotopic (exact) mass is 442 g/mol. The van der Waals surface area contributed by atoms with Gasteiger partial charge in [-0.1, -0.05) is 19.9 Å². The largest absolute Gasteiger partial charge is 0.493 e. The molecule has 3 rings (SSSR count). The first-order valence-electron chi connectivity index (χ1n) is 10.6. The normalized spacial score (nSPS) is 13.8. The molecule has 0 aromatic heterocycles. The predicted molar refractivity (Wildman–Crippen MR) is 119 cm³/mol. The van der Waals surface area contributed by atoms with Gasteiger partial charge in [-0.05, 0) is 50.1 Å². The second-order valence-electron chi connectivity index (χ2n) is 8.40. The molecule has 0 aliphatic carbocycles. The average Bonchev–Trinajstić information content (AvgIpc) is 3.15. The third-order valence-corrected chi connectivity index (χ3v) is 5.45. The highest BCUT2D eigenvalue weighted by Crippen LogP contribution is 2.45. The van der Waals surface area contributed by atoms with Crippen molar-refractivity contribution in [1.29, 1.82) is 0 Å². The molecular weight excluding hydrogens is 412 g/mol. The van der Waals surface area contributed by atoms with Gasteiger partial charge in [-0.15, -0.1) is 0 Å². The van der Waals surface area contributed by atoms with Crippen molar-refractivity contribution in [2.75, 3.05) is 20.8 Å². The minimum atomic E-state index is -0.857. The molecule has 0 fully saturated rings. The molecule has 172 valence electrons. The Kier molecular flexibility index (Phi) is 6.96. The molecule has 0 amide bonds. The molecule has 2 aromatic carbocycles. The van der Waals surface area contributed by atoms with Crippen LogP contribution in [0, 0.1) is 5.92 Å². The number of rotatable bonds is 9. The number of fused-ring (bicyclic) bond motifs is 1. The Labute approximate surface area is 188 Å². The number of hydrogen-bond donors (Lipinski definition) is 0. The summed E-state index contributed by atoms with van der Waals surface area (Å²) < 4.78 is 28.0. The lowest BCUT2D eigenvalue weighted by Crippen LogP contribution is -2.36. The molecule has 1 unspecified atom stereocenters. The Morgan fingerprint density at radius 1 is 1.09 bits per heavy atom. The minimum Gasteiger partial charge on any atom is -0.493 e. The van der Waals surface area contributed by atoms with E-state index >= 15 is 0 Å². The van der Waals surface area contributed by atoms with Crippen LogP contribution in [0.4, 0.5) is 0 Å². The Balaban J connectivity index is 1.95. The summed E-state index contributed by atoms with van der Waals surface area (Å²) in [6.07, 6.45) is 0.703. The smallest absolute Gasteiger partial charge is 0.338 e. The number of cyclic esters (lactones) is 1. The summed E-state index contributed by atoms with van der Waals surface area (Å²) in [4.78, 5) is 24.1. The van der Waals surface area contributed by atoms with Crippen LogP contribution in [-0.2, 0) is 20.9 Å². The number of carbonyl (C=O) groups is 2. The number of esters is 2. The molecule has 7 heteroatoms. The van der Waals surface area contributed by atoms with E-state index in [0.29, 0.717) is 29.2 Å². The van der Waals surface area contributed by atoms with Crippen molar-refractivity contribution in [3.63, 3.8) is 0 Å². The van der Waals surface area contributed by atoms with E-state index in [1.54, 1.807) is 33.1 Å². The molecule has 0 saturated heterocycles. The van der Waals surface area contributed by atoms with Crippen molar-refractivity contribution in [3.8, 4) is 28.4 Å². The molecule has 1 atom stereocenters. The van der Waals surface area contributed by atoms with E-state index in [9.17, 15) is 9.59 Å². The first-order chi connectivity index (χ1) is 15.2.